The van der Waals surface area contributed by atoms with Crippen molar-refractivity contribution in [3.63, 3.8) is 0 Å². The maximum absolute atomic E-state index is 12.7. The highest BCUT2D eigenvalue weighted by Crippen LogP contribution is 2.52. The minimum atomic E-state index is -0.306. The molecule has 0 radical (unpaired) electrons. The second kappa shape index (κ2) is 9.65. The molecule has 2 saturated carbocycles. The molecule has 0 unspecified atom stereocenters. The quantitative estimate of drug-likeness (QED) is 0.604. The molecule has 2 aliphatic carbocycles. The van der Waals surface area contributed by atoms with Crippen LogP contribution in [0.1, 0.15) is 37.7 Å². The highest BCUT2D eigenvalue weighted by molar-refractivity contribution is 5.88. The van der Waals surface area contributed by atoms with E-state index in [0.717, 1.165) is 70.6 Å². The Balaban J connectivity index is 1.14. The van der Waals surface area contributed by atoms with Crippen LogP contribution in [0.3, 0.4) is 0 Å². The van der Waals surface area contributed by atoms with E-state index in [0.29, 0.717) is 23.9 Å². The van der Waals surface area contributed by atoms with Gasteiger partial charge in [-0.05, 0) is 62.6 Å². The summed E-state index contributed by atoms with van der Waals surface area (Å²) in [5.74, 6) is 0.659. The smallest absolute Gasteiger partial charge is 0.224 e. The number of primary amides is 1. The van der Waals surface area contributed by atoms with Crippen LogP contribution >= 0.6 is 0 Å². The van der Waals surface area contributed by atoms with Gasteiger partial charge in [-0.25, -0.2) is 4.98 Å². The van der Waals surface area contributed by atoms with Gasteiger partial charge in [0.2, 0.25) is 11.8 Å². The molecule has 2 amide bonds. The van der Waals surface area contributed by atoms with Crippen molar-refractivity contribution < 1.29 is 9.59 Å². The molecule has 0 aromatic carbocycles. The number of hydrogen-bond acceptors (Lipinski definition) is 6. The van der Waals surface area contributed by atoms with Gasteiger partial charge in [-0.2, -0.15) is 5.26 Å². The molecule has 4 rings (SSSR count). The molecule has 1 aromatic rings. The minimum Gasteiger partial charge on any atom is -0.369 e. The number of piperazine rings is 1. The predicted molar refractivity (Wildman–Crippen MR) is 117 cm³/mol. The van der Waals surface area contributed by atoms with Gasteiger partial charge in [0.25, 0.3) is 0 Å². The summed E-state index contributed by atoms with van der Waals surface area (Å²) in [5, 5.41) is 12.3. The van der Waals surface area contributed by atoms with Crippen LogP contribution in [-0.2, 0) is 9.59 Å². The number of nitriles is 1. The lowest BCUT2D eigenvalue weighted by Gasteiger charge is -2.35. The summed E-state index contributed by atoms with van der Waals surface area (Å²) in [6.07, 6.45) is 6.74. The molecule has 3 fully saturated rings. The van der Waals surface area contributed by atoms with Crippen LogP contribution in [0.25, 0.3) is 0 Å². The Labute approximate surface area is 183 Å². The molecule has 2 heterocycles. The molecule has 3 N–H and O–H groups in total. The number of nitrogens with zero attached hydrogens (tertiary/aromatic N) is 4. The molecule has 31 heavy (non-hydrogen) atoms. The first kappa shape index (κ1) is 21.6. The van der Waals surface area contributed by atoms with Crippen molar-refractivity contribution in [2.75, 3.05) is 44.2 Å². The van der Waals surface area contributed by atoms with E-state index in [1.54, 1.807) is 12.3 Å². The van der Waals surface area contributed by atoms with E-state index in [9.17, 15) is 14.9 Å². The number of fused-ring (bicyclic) bond motifs is 2. The topological polar surface area (TPSA) is 115 Å². The van der Waals surface area contributed by atoms with E-state index >= 15 is 0 Å². The Hall–Kier alpha value is -2.66. The molecule has 3 aliphatic rings. The van der Waals surface area contributed by atoms with Crippen molar-refractivity contribution in [3.05, 3.63) is 23.9 Å². The van der Waals surface area contributed by atoms with E-state index in [4.69, 9.17) is 5.73 Å². The van der Waals surface area contributed by atoms with Crippen LogP contribution in [0.4, 0.5) is 5.82 Å². The number of carbonyl (C=O) groups is 2. The maximum atomic E-state index is 12.7. The van der Waals surface area contributed by atoms with Crippen LogP contribution in [-0.4, -0.2) is 61.0 Å². The number of unbranched alkanes of at least 4 members (excludes halogenated alkanes) is 1. The van der Waals surface area contributed by atoms with Gasteiger partial charge in [0, 0.05) is 38.9 Å². The normalized spacial score (nSPS) is 27.8. The molecule has 4 atom stereocenters. The number of anilines is 1. The summed E-state index contributed by atoms with van der Waals surface area (Å²) in [7, 11) is 0. The van der Waals surface area contributed by atoms with Gasteiger partial charge < -0.3 is 16.0 Å². The third kappa shape index (κ3) is 4.67. The number of pyridine rings is 1. The zero-order valence-corrected chi connectivity index (χ0v) is 18.0. The number of aromatic nitrogens is 1. The Morgan fingerprint density at radius 1 is 1.16 bits per heavy atom. The van der Waals surface area contributed by atoms with Crippen LogP contribution < -0.4 is 16.0 Å². The fourth-order valence-corrected chi connectivity index (χ4v) is 5.79. The number of amides is 2. The van der Waals surface area contributed by atoms with Crippen molar-refractivity contribution in [2.45, 2.75) is 32.1 Å². The molecule has 1 aliphatic heterocycles. The molecular weight excluding hydrogens is 392 g/mol. The number of rotatable bonds is 8. The minimum absolute atomic E-state index is 0.0215. The maximum Gasteiger partial charge on any atom is 0.224 e. The Bertz CT molecular complexity index is 845. The third-order valence-corrected chi connectivity index (χ3v) is 7.33. The molecule has 1 saturated heterocycles. The Morgan fingerprint density at radius 3 is 2.61 bits per heavy atom. The number of hydrogen-bond donors (Lipinski definition) is 2. The summed E-state index contributed by atoms with van der Waals surface area (Å²) >= 11 is 0. The molecule has 8 nitrogen and oxygen atoms in total. The molecule has 1 aromatic heterocycles. The predicted octanol–water partition coefficient (Wildman–Crippen LogP) is 1.12. The first-order chi connectivity index (χ1) is 15.1. The summed E-state index contributed by atoms with van der Waals surface area (Å²) < 4.78 is 0. The fraction of sp³-hybridized carbons (Fsp3) is 0.652. The second-order valence-electron chi connectivity index (χ2n) is 9.10. The highest BCUT2D eigenvalue weighted by atomic mass is 16.2. The van der Waals surface area contributed by atoms with Gasteiger partial charge in [0.1, 0.15) is 11.9 Å². The number of carbonyl (C=O) groups excluding carboxylic acids is 2. The average Bonchev–Trinajstić information content (AvgIpc) is 3.41. The lowest BCUT2D eigenvalue weighted by atomic mass is 9.78. The molecule has 166 valence electrons. The first-order valence-corrected chi connectivity index (χ1v) is 11.5. The van der Waals surface area contributed by atoms with Gasteiger partial charge in [-0.1, -0.05) is 0 Å². The Kier molecular flexibility index (Phi) is 6.71. The fourth-order valence-electron chi connectivity index (χ4n) is 5.79. The van der Waals surface area contributed by atoms with Gasteiger partial charge >= 0.3 is 0 Å². The van der Waals surface area contributed by atoms with Crippen LogP contribution in [0.5, 0.6) is 0 Å². The van der Waals surface area contributed by atoms with Crippen LogP contribution in [0.15, 0.2) is 18.3 Å². The van der Waals surface area contributed by atoms with Crippen LogP contribution in [0, 0.1) is 35.0 Å². The molecular formula is C23H32N6O2. The average molecular weight is 425 g/mol. The van der Waals surface area contributed by atoms with Crippen molar-refractivity contribution in [3.8, 4) is 6.07 Å². The number of nitrogens with one attached hydrogen (secondary N) is 1. The summed E-state index contributed by atoms with van der Waals surface area (Å²) in [5.41, 5.74) is 6.21. The zero-order chi connectivity index (χ0) is 21.8. The zero-order valence-electron chi connectivity index (χ0n) is 18.0. The van der Waals surface area contributed by atoms with E-state index in [2.05, 4.69) is 26.2 Å². The van der Waals surface area contributed by atoms with E-state index in [1.165, 1.54) is 0 Å². The lowest BCUT2D eigenvalue weighted by Crippen LogP contribution is -2.47. The largest absolute Gasteiger partial charge is 0.369 e. The Morgan fingerprint density at radius 2 is 1.90 bits per heavy atom. The van der Waals surface area contributed by atoms with Crippen molar-refractivity contribution in [2.24, 2.45) is 29.4 Å². The molecule has 2 bridgehead atoms. The van der Waals surface area contributed by atoms with E-state index < -0.39 is 0 Å². The molecule has 0 spiro atoms. The summed E-state index contributed by atoms with van der Waals surface area (Å²) in [6, 6.07) is 5.83. The van der Waals surface area contributed by atoms with Crippen molar-refractivity contribution in [1.29, 1.82) is 5.26 Å². The second-order valence-corrected chi connectivity index (χ2v) is 9.10. The number of nitrogens with two attached hydrogens (primary N) is 1. The SMILES string of the molecule is N#Cc1cccnc1N1CCN(CCCCNC(=O)[C@@H]2[C@H]3CC[C@H](C3)[C@@H]2C(N)=O)CC1. The third-order valence-electron chi connectivity index (χ3n) is 7.33. The summed E-state index contributed by atoms with van der Waals surface area (Å²) in [6.45, 7) is 5.26. The van der Waals surface area contributed by atoms with Crippen molar-refractivity contribution in [1.82, 2.24) is 15.2 Å². The van der Waals surface area contributed by atoms with Gasteiger partial charge in [0.05, 0.1) is 17.4 Å². The highest BCUT2D eigenvalue weighted by Gasteiger charge is 2.53. The summed E-state index contributed by atoms with van der Waals surface area (Å²) in [4.78, 5) is 33.5. The lowest BCUT2D eigenvalue weighted by molar-refractivity contribution is -0.135. The standard InChI is InChI=1S/C23H32N6O2/c24-15-18-4-3-8-26-22(18)29-12-10-28(11-13-29)9-2-1-7-27-23(31)20-17-6-5-16(14-17)19(20)21(25)30/h3-4,8,16-17,19-20H,1-2,5-7,9-14H2,(H2,25,30)(H,27,31)/t16-,17+,19+,20-/m1/s1. The van der Waals surface area contributed by atoms with E-state index in [-0.39, 0.29) is 23.7 Å². The van der Waals surface area contributed by atoms with Crippen LogP contribution in [0.2, 0.25) is 0 Å². The molecule has 8 heteroatoms. The monoisotopic (exact) mass is 424 g/mol. The van der Waals surface area contributed by atoms with Gasteiger partial charge in [0.15, 0.2) is 0 Å². The van der Waals surface area contributed by atoms with E-state index in [1.807, 2.05) is 6.07 Å². The van der Waals surface area contributed by atoms with Gasteiger partial charge in [-0.15, -0.1) is 0 Å². The van der Waals surface area contributed by atoms with Gasteiger partial charge in [-0.3, -0.25) is 14.5 Å². The van der Waals surface area contributed by atoms with Crippen molar-refractivity contribution >= 4 is 17.6 Å². The first-order valence-electron chi connectivity index (χ1n) is 11.5.